The van der Waals surface area contributed by atoms with E-state index >= 15 is 0 Å². The molecule has 1 atom stereocenters. The van der Waals surface area contributed by atoms with E-state index in [1.807, 2.05) is 6.07 Å². The molecule has 1 aliphatic carbocycles. The lowest BCUT2D eigenvalue weighted by atomic mass is 9.73. The second-order valence-corrected chi connectivity index (χ2v) is 4.69. The summed E-state index contributed by atoms with van der Waals surface area (Å²) in [6, 6.07) is 2.12. The third-order valence-electron chi connectivity index (χ3n) is 3.08. The lowest BCUT2D eigenvalue weighted by Gasteiger charge is -2.38. The summed E-state index contributed by atoms with van der Waals surface area (Å²) >= 11 is 0. The number of nitrogens with one attached hydrogen (secondary N) is 1. The van der Waals surface area contributed by atoms with Crippen molar-refractivity contribution in [2.45, 2.75) is 52.0 Å². The molecule has 0 aromatic rings. The van der Waals surface area contributed by atoms with Crippen molar-refractivity contribution in [1.29, 1.82) is 5.26 Å². The summed E-state index contributed by atoms with van der Waals surface area (Å²) in [5, 5.41) is 11.3. The molecule has 1 unspecified atom stereocenters. The maximum Gasteiger partial charge on any atom is 0.234 e. The molecule has 1 N–H and O–H groups in total. The van der Waals surface area contributed by atoms with Crippen LogP contribution in [0.3, 0.4) is 0 Å². The Hall–Kier alpha value is -1.04. The van der Waals surface area contributed by atoms with Crippen molar-refractivity contribution in [2.24, 2.45) is 5.41 Å². The molecule has 0 heterocycles. The Kier molecular flexibility index (Phi) is 3.51. The molecule has 0 saturated heterocycles. The monoisotopic (exact) mass is 194 g/mol. The summed E-state index contributed by atoms with van der Waals surface area (Å²) in [5.74, 6) is -0.132. The molecule has 1 amide bonds. The third kappa shape index (κ3) is 2.73. The number of hydrogen-bond acceptors (Lipinski definition) is 2. The van der Waals surface area contributed by atoms with Crippen LogP contribution in [0, 0.1) is 16.7 Å². The first-order valence-electron chi connectivity index (χ1n) is 5.22. The zero-order chi connectivity index (χ0) is 10.6. The van der Waals surface area contributed by atoms with Gasteiger partial charge in [0.1, 0.15) is 6.42 Å². The molecule has 0 aromatic heterocycles. The van der Waals surface area contributed by atoms with Gasteiger partial charge in [-0.3, -0.25) is 4.79 Å². The highest BCUT2D eigenvalue weighted by molar-refractivity contribution is 5.78. The fraction of sp³-hybridized carbons (Fsp3) is 0.818. The Morgan fingerprint density at radius 3 is 2.86 bits per heavy atom. The van der Waals surface area contributed by atoms with E-state index in [4.69, 9.17) is 5.26 Å². The average molecular weight is 194 g/mol. The molecule has 0 radical (unpaired) electrons. The first-order valence-corrected chi connectivity index (χ1v) is 5.22. The van der Waals surface area contributed by atoms with Crippen molar-refractivity contribution in [1.82, 2.24) is 5.32 Å². The van der Waals surface area contributed by atoms with Crippen molar-refractivity contribution in [3.63, 3.8) is 0 Å². The van der Waals surface area contributed by atoms with Gasteiger partial charge in [-0.05, 0) is 18.3 Å². The zero-order valence-corrected chi connectivity index (χ0v) is 8.97. The van der Waals surface area contributed by atoms with Gasteiger partial charge in [0.25, 0.3) is 0 Å². The van der Waals surface area contributed by atoms with Gasteiger partial charge in [0.05, 0.1) is 6.07 Å². The summed E-state index contributed by atoms with van der Waals surface area (Å²) in [5.41, 5.74) is 0.184. The van der Waals surface area contributed by atoms with E-state index < -0.39 is 0 Å². The molecule has 14 heavy (non-hydrogen) atoms. The highest BCUT2D eigenvalue weighted by atomic mass is 16.1. The van der Waals surface area contributed by atoms with Crippen LogP contribution in [0.5, 0.6) is 0 Å². The average Bonchev–Trinajstić information content (AvgIpc) is 2.09. The normalized spacial score (nSPS) is 25.1. The van der Waals surface area contributed by atoms with Crippen LogP contribution in [-0.4, -0.2) is 11.9 Å². The van der Waals surface area contributed by atoms with E-state index in [-0.39, 0.29) is 23.8 Å². The number of hydrogen-bond donors (Lipinski definition) is 1. The number of carbonyl (C=O) groups is 1. The standard InChI is InChI=1S/C11H18N2O/c1-11(2)7-4-3-5-9(11)13-10(14)6-8-12/h9H,3-7H2,1-2H3,(H,13,14). The first kappa shape index (κ1) is 11.0. The second kappa shape index (κ2) is 4.45. The minimum Gasteiger partial charge on any atom is -0.352 e. The van der Waals surface area contributed by atoms with Crippen molar-refractivity contribution in [2.75, 3.05) is 0 Å². The van der Waals surface area contributed by atoms with Gasteiger partial charge in [-0.25, -0.2) is 0 Å². The summed E-state index contributed by atoms with van der Waals surface area (Å²) < 4.78 is 0. The molecular weight excluding hydrogens is 176 g/mol. The summed E-state index contributed by atoms with van der Waals surface area (Å²) in [4.78, 5) is 11.3. The molecule has 3 heteroatoms. The Bertz CT molecular complexity index is 253. The summed E-state index contributed by atoms with van der Waals surface area (Å²) in [6.07, 6.45) is 4.61. The van der Waals surface area contributed by atoms with Crippen LogP contribution in [-0.2, 0) is 4.79 Å². The van der Waals surface area contributed by atoms with Gasteiger partial charge in [-0.1, -0.05) is 26.7 Å². The number of rotatable bonds is 2. The van der Waals surface area contributed by atoms with Crippen LogP contribution in [0.25, 0.3) is 0 Å². The van der Waals surface area contributed by atoms with Gasteiger partial charge in [-0.15, -0.1) is 0 Å². The lowest BCUT2D eigenvalue weighted by Crippen LogP contribution is -2.46. The molecule has 0 bridgehead atoms. The predicted molar refractivity (Wildman–Crippen MR) is 54.4 cm³/mol. The van der Waals surface area contributed by atoms with Crippen LogP contribution in [0.1, 0.15) is 46.0 Å². The van der Waals surface area contributed by atoms with Crippen LogP contribution < -0.4 is 5.32 Å². The van der Waals surface area contributed by atoms with E-state index in [1.54, 1.807) is 0 Å². The molecule has 0 spiro atoms. The SMILES string of the molecule is CC1(C)CCCCC1NC(=O)CC#N. The van der Waals surface area contributed by atoms with E-state index in [0.717, 1.165) is 12.8 Å². The maximum atomic E-state index is 11.3. The fourth-order valence-corrected chi connectivity index (χ4v) is 2.08. The topological polar surface area (TPSA) is 52.9 Å². The smallest absolute Gasteiger partial charge is 0.234 e. The first-order chi connectivity index (χ1) is 6.56. The van der Waals surface area contributed by atoms with E-state index in [9.17, 15) is 4.79 Å². The molecule has 1 fully saturated rings. The maximum absolute atomic E-state index is 11.3. The minimum absolute atomic E-state index is 0.0212. The number of nitriles is 1. The van der Waals surface area contributed by atoms with Crippen molar-refractivity contribution in [3.8, 4) is 6.07 Å². The van der Waals surface area contributed by atoms with Gasteiger partial charge >= 0.3 is 0 Å². The van der Waals surface area contributed by atoms with Gasteiger partial charge in [0.15, 0.2) is 0 Å². The van der Waals surface area contributed by atoms with Gasteiger partial charge < -0.3 is 5.32 Å². The highest BCUT2D eigenvalue weighted by Crippen LogP contribution is 2.35. The van der Waals surface area contributed by atoms with Crippen LogP contribution in [0.2, 0.25) is 0 Å². The van der Waals surface area contributed by atoms with Gasteiger partial charge in [0, 0.05) is 6.04 Å². The number of carbonyl (C=O) groups excluding carboxylic acids is 1. The molecule has 3 nitrogen and oxygen atoms in total. The second-order valence-electron chi connectivity index (χ2n) is 4.69. The Balaban J connectivity index is 2.50. The quantitative estimate of drug-likeness (QED) is 0.730. The Morgan fingerprint density at radius 2 is 2.29 bits per heavy atom. The van der Waals surface area contributed by atoms with Gasteiger partial charge in [-0.2, -0.15) is 5.26 Å². The molecule has 1 aliphatic rings. The molecule has 0 aromatic carbocycles. The van der Waals surface area contributed by atoms with Crippen molar-refractivity contribution >= 4 is 5.91 Å². The van der Waals surface area contributed by atoms with Crippen LogP contribution in [0.15, 0.2) is 0 Å². The Morgan fingerprint density at radius 1 is 1.57 bits per heavy atom. The zero-order valence-electron chi connectivity index (χ0n) is 8.97. The fourth-order valence-electron chi connectivity index (χ4n) is 2.08. The van der Waals surface area contributed by atoms with Crippen LogP contribution in [0.4, 0.5) is 0 Å². The van der Waals surface area contributed by atoms with E-state index in [1.165, 1.54) is 12.8 Å². The molecule has 78 valence electrons. The van der Waals surface area contributed by atoms with E-state index in [0.29, 0.717) is 0 Å². The third-order valence-corrected chi connectivity index (χ3v) is 3.08. The van der Waals surface area contributed by atoms with Gasteiger partial charge in [0.2, 0.25) is 5.91 Å². The predicted octanol–water partition coefficient (Wildman–Crippen LogP) is 1.99. The lowest BCUT2D eigenvalue weighted by molar-refractivity contribution is -0.122. The highest BCUT2D eigenvalue weighted by Gasteiger charge is 2.32. The largest absolute Gasteiger partial charge is 0.352 e. The van der Waals surface area contributed by atoms with E-state index in [2.05, 4.69) is 19.2 Å². The molecular formula is C11H18N2O. The summed E-state index contributed by atoms with van der Waals surface area (Å²) in [7, 11) is 0. The number of nitrogens with zero attached hydrogens (tertiary/aromatic N) is 1. The number of amides is 1. The van der Waals surface area contributed by atoms with Crippen molar-refractivity contribution in [3.05, 3.63) is 0 Å². The van der Waals surface area contributed by atoms with Crippen LogP contribution >= 0.6 is 0 Å². The summed E-state index contributed by atoms with van der Waals surface area (Å²) in [6.45, 7) is 4.37. The molecule has 1 rings (SSSR count). The minimum atomic E-state index is -0.132. The molecule has 0 aliphatic heterocycles. The van der Waals surface area contributed by atoms with Crippen molar-refractivity contribution < 1.29 is 4.79 Å². The molecule has 1 saturated carbocycles. The Labute approximate surface area is 85.5 Å².